The van der Waals surface area contributed by atoms with Gasteiger partial charge >= 0.3 is 10.5 Å². The van der Waals surface area contributed by atoms with Crippen LogP contribution in [0.4, 0.5) is 4.39 Å². The van der Waals surface area contributed by atoms with E-state index < -0.39 is 21.7 Å². The topological polar surface area (TPSA) is 79.5 Å². The van der Waals surface area contributed by atoms with E-state index >= 15 is 0 Å². The van der Waals surface area contributed by atoms with Gasteiger partial charge in [0.25, 0.3) is 0 Å². The predicted molar refractivity (Wildman–Crippen MR) is 91.3 cm³/mol. The van der Waals surface area contributed by atoms with Gasteiger partial charge in [-0.05, 0) is 42.3 Å². The van der Waals surface area contributed by atoms with Gasteiger partial charge in [0.1, 0.15) is 23.6 Å². The van der Waals surface area contributed by atoms with E-state index in [1.807, 2.05) is 6.07 Å². The average molecular weight is 381 g/mol. The Kier molecular flexibility index (Phi) is 6.51. The van der Waals surface area contributed by atoms with Crippen LogP contribution in [0.3, 0.4) is 0 Å². The maximum Gasteiger partial charge on any atom is 0.311 e. The zero-order valence-electron chi connectivity index (χ0n) is 13.0. The highest BCUT2D eigenvalue weighted by molar-refractivity contribution is 7.61. The zero-order chi connectivity index (χ0) is 18.3. The van der Waals surface area contributed by atoms with Crippen molar-refractivity contribution in [2.24, 2.45) is 9.78 Å². The van der Waals surface area contributed by atoms with Crippen LogP contribution < -0.4 is 4.74 Å². The van der Waals surface area contributed by atoms with Gasteiger partial charge in [0.05, 0.1) is 12.6 Å². The van der Waals surface area contributed by atoms with Gasteiger partial charge in [-0.3, -0.25) is 0 Å². The van der Waals surface area contributed by atoms with Crippen LogP contribution in [-0.2, 0) is 16.9 Å². The van der Waals surface area contributed by atoms with Crippen LogP contribution in [0.15, 0.2) is 52.9 Å². The standard InChI is InChI=1S/C17H14ClFN2O3S/c18-14-5-7-15(8-6-14)24-12-17(10-20,11-21-25(22)23)9-13-3-1-2-4-16(13)19/h1-8H,9,11-12H2. The molecule has 0 aromatic heterocycles. The molecule has 2 rings (SSSR count). The van der Waals surface area contributed by atoms with Gasteiger partial charge in [-0.15, -0.1) is 0 Å². The lowest BCUT2D eigenvalue weighted by Crippen LogP contribution is -2.33. The molecule has 0 spiro atoms. The summed E-state index contributed by atoms with van der Waals surface area (Å²) in [6.45, 7) is -0.484. The number of hydrogen-bond acceptors (Lipinski definition) is 5. The van der Waals surface area contributed by atoms with Crippen molar-refractivity contribution in [1.82, 2.24) is 0 Å². The Hall–Kier alpha value is -2.43. The second-order valence-electron chi connectivity index (χ2n) is 5.41. The molecular formula is C17H14ClFN2O3S. The summed E-state index contributed by atoms with van der Waals surface area (Å²) in [6, 6.07) is 14.5. The summed E-state index contributed by atoms with van der Waals surface area (Å²) in [7, 11) is -2.67. The highest BCUT2D eigenvalue weighted by atomic mass is 35.5. The number of nitrogens with zero attached hydrogens (tertiary/aromatic N) is 2. The summed E-state index contributed by atoms with van der Waals surface area (Å²) in [5.74, 6) is -0.0160. The Labute approximate surface area is 151 Å². The van der Waals surface area contributed by atoms with E-state index in [0.29, 0.717) is 10.8 Å². The summed E-state index contributed by atoms with van der Waals surface area (Å²) < 4.78 is 44.5. The molecule has 1 unspecified atom stereocenters. The van der Waals surface area contributed by atoms with Crippen LogP contribution in [0.2, 0.25) is 5.02 Å². The Morgan fingerprint density at radius 2 is 1.88 bits per heavy atom. The summed E-state index contributed by atoms with van der Waals surface area (Å²) in [6.07, 6.45) is -0.0372. The number of nitriles is 1. The molecule has 0 radical (unpaired) electrons. The van der Waals surface area contributed by atoms with E-state index in [9.17, 15) is 18.1 Å². The summed E-state index contributed by atoms with van der Waals surface area (Å²) >= 11 is 5.81. The van der Waals surface area contributed by atoms with Gasteiger partial charge in [0, 0.05) is 5.02 Å². The van der Waals surface area contributed by atoms with E-state index in [4.69, 9.17) is 16.3 Å². The van der Waals surface area contributed by atoms with Gasteiger partial charge in [0.2, 0.25) is 0 Å². The Balaban J connectivity index is 2.27. The lowest BCUT2D eigenvalue weighted by atomic mass is 9.83. The molecule has 0 saturated carbocycles. The van der Waals surface area contributed by atoms with E-state index in [1.165, 1.54) is 18.2 Å². The van der Waals surface area contributed by atoms with Crippen LogP contribution >= 0.6 is 11.6 Å². The molecule has 0 aliphatic carbocycles. The minimum absolute atomic E-state index is 0.0372. The van der Waals surface area contributed by atoms with Crippen molar-refractivity contribution in [1.29, 1.82) is 5.26 Å². The van der Waals surface area contributed by atoms with Crippen LogP contribution in [0.1, 0.15) is 5.56 Å². The third-order valence-electron chi connectivity index (χ3n) is 3.53. The highest BCUT2D eigenvalue weighted by Gasteiger charge is 2.33. The fraction of sp³-hybridized carbons (Fsp3) is 0.235. The molecule has 8 heteroatoms. The first kappa shape index (κ1) is 18.9. The maximum atomic E-state index is 13.9. The van der Waals surface area contributed by atoms with E-state index in [-0.39, 0.29) is 25.1 Å². The molecule has 0 amide bonds. The van der Waals surface area contributed by atoms with E-state index in [0.717, 1.165) is 0 Å². The van der Waals surface area contributed by atoms with Crippen LogP contribution in [0, 0.1) is 22.6 Å². The van der Waals surface area contributed by atoms with Crippen LogP contribution in [-0.4, -0.2) is 21.6 Å². The average Bonchev–Trinajstić information content (AvgIpc) is 2.60. The molecule has 5 nitrogen and oxygen atoms in total. The van der Waals surface area contributed by atoms with Crippen molar-refractivity contribution in [2.45, 2.75) is 6.42 Å². The van der Waals surface area contributed by atoms with Crippen LogP contribution in [0.5, 0.6) is 5.75 Å². The molecule has 0 N–H and O–H groups in total. The lowest BCUT2D eigenvalue weighted by molar-refractivity contribution is 0.201. The van der Waals surface area contributed by atoms with Crippen LogP contribution in [0.25, 0.3) is 0 Å². The molecule has 0 fully saturated rings. The quantitative estimate of drug-likeness (QED) is 0.734. The number of hydrogen-bond donors (Lipinski definition) is 0. The molecule has 130 valence electrons. The molecule has 0 aliphatic rings. The van der Waals surface area contributed by atoms with Crippen molar-refractivity contribution in [2.75, 3.05) is 13.2 Å². The Morgan fingerprint density at radius 3 is 2.48 bits per heavy atom. The molecule has 0 saturated heterocycles. The smallest absolute Gasteiger partial charge is 0.311 e. The first-order chi connectivity index (χ1) is 11.9. The Morgan fingerprint density at radius 1 is 1.20 bits per heavy atom. The second kappa shape index (κ2) is 8.60. The van der Waals surface area contributed by atoms with Gasteiger partial charge in [-0.1, -0.05) is 29.8 Å². The summed E-state index contributed by atoms with van der Waals surface area (Å²) in [4.78, 5) is 0. The summed E-state index contributed by atoms with van der Waals surface area (Å²) in [5, 5.41) is 10.2. The number of ether oxygens (including phenoxy) is 1. The monoisotopic (exact) mass is 380 g/mol. The van der Waals surface area contributed by atoms with E-state index in [1.54, 1.807) is 30.3 Å². The van der Waals surface area contributed by atoms with Crippen molar-refractivity contribution in [3.8, 4) is 11.8 Å². The van der Waals surface area contributed by atoms with Crippen molar-refractivity contribution in [3.05, 3.63) is 64.9 Å². The fourth-order valence-electron chi connectivity index (χ4n) is 2.19. The minimum atomic E-state index is -2.67. The maximum absolute atomic E-state index is 13.9. The normalized spacial score (nSPS) is 12.7. The molecule has 2 aromatic rings. The molecule has 0 heterocycles. The molecule has 0 aliphatic heterocycles. The summed E-state index contributed by atoms with van der Waals surface area (Å²) in [5.41, 5.74) is -1.04. The predicted octanol–water partition coefficient (Wildman–Crippen LogP) is 3.67. The van der Waals surface area contributed by atoms with Gasteiger partial charge in [0.15, 0.2) is 0 Å². The molecule has 2 aromatic carbocycles. The molecular weight excluding hydrogens is 367 g/mol. The highest BCUT2D eigenvalue weighted by Crippen LogP contribution is 2.27. The first-order valence-electron chi connectivity index (χ1n) is 7.24. The number of benzene rings is 2. The Bertz CT molecular complexity index is 902. The first-order valence-corrected chi connectivity index (χ1v) is 8.65. The van der Waals surface area contributed by atoms with E-state index in [2.05, 4.69) is 4.36 Å². The third kappa shape index (κ3) is 5.55. The minimum Gasteiger partial charge on any atom is -0.492 e. The molecule has 1 atom stereocenters. The fourth-order valence-corrected chi connectivity index (χ4v) is 2.67. The van der Waals surface area contributed by atoms with Gasteiger partial charge in [-0.2, -0.15) is 18.0 Å². The number of halogens is 2. The van der Waals surface area contributed by atoms with Gasteiger partial charge in [-0.25, -0.2) is 4.39 Å². The van der Waals surface area contributed by atoms with Crippen molar-refractivity contribution >= 4 is 22.1 Å². The van der Waals surface area contributed by atoms with Crippen molar-refractivity contribution in [3.63, 3.8) is 0 Å². The SMILES string of the molecule is N#CC(CN=S(=O)=O)(COc1ccc(Cl)cc1)Cc1ccccc1F. The van der Waals surface area contributed by atoms with Crippen molar-refractivity contribution < 1.29 is 17.5 Å². The van der Waals surface area contributed by atoms with Gasteiger partial charge < -0.3 is 4.74 Å². The molecule has 0 bridgehead atoms. The lowest BCUT2D eigenvalue weighted by Gasteiger charge is -2.24. The third-order valence-corrected chi connectivity index (χ3v) is 4.12. The molecule has 25 heavy (non-hydrogen) atoms. The number of rotatable bonds is 7. The zero-order valence-corrected chi connectivity index (χ0v) is 14.6. The second-order valence-corrected chi connectivity index (χ2v) is 6.54. The largest absolute Gasteiger partial charge is 0.492 e.